The predicted molar refractivity (Wildman–Crippen MR) is 189 cm³/mol. The molecular formula is C39H50N4O5. The van der Waals surface area contributed by atoms with E-state index in [1.165, 1.54) is 12.7 Å². The lowest BCUT2D eigenvalue weighted by Gasteiger charge is -2.41. The van der Waals surface area contributed by atoms with Crippen molar-refractivity contribution < 1.29 is 23.7 Å². The quantitative estimate of drug-likeness (QED) is 0.205. The van der Waals surface area contributed by atoms with Crippen LogP contribution in [0.3, 0.4) is 0 Å². The molecule has 9 nitrogen and oxygen atoms in total. The lowest BCUT2D eigenvalue weighted by Crippen LogP contribution is -2.46. The minimum atomic E-state index is -0.977. The Morgan fingerprint density at radius 1 is 1.04 bits per heavy atom. The summed E-state index contributed by atoms with van der Waals surface area (Å²) >= 11 is 0. The summed E-state index contributed by atoms with van der Waals surface area (Å²) in [5.74, 6) is 1.22. The van der Waals surface area contributed by atoms with Gasteiger partial charge in [-0.05, 0) is 104 Å². The van der Waals surface area contributed by atoms with E-state index in [9.17, 15) is 4.79 Å². The third-order valence-electron chi connectivity index (χ3n) is 9.46. The van der Waals surface area contributed by atoms with Gasteiger partial charge in [-0.1, -0.05) is 29.8 Å². The van der Waals surface area contributed by atoms with Gasteiger partial charge in [-0.25, -0.2) is 9.78 Å². The Bertz CT molecular complexity index is 1780. The summed E-state index contributed by atoms with van der Waals surface area (Å²) in [5, 5.41) is 5.18. The molecule has 3 aliphatic rings. The molecule has 256 valence electrons. The van der Waals surface area contributed by atoms with Gasteiger partial charge in [0.05, 0.1) is 35.7 Å². The molecule has 0 N–H and O–H groups in total. The van der Waals surface area contributed by atoms with Crippen molar-refractivity contribution in [2.24, 2.45) is 0 Å². The number of rotatable bonds is 3. The van der Waals surface area contributed by atoms with E-state index in [2.05, 4.69) is 68.1 Å². The van der Waals surface area contributed by atoms with Crippen LogP contribution in [0.2, 0.25) is 0 Å². The maximum absolute atomic E-state index is 13.4. The molecule has 7 rings (SSSR count). The van der Waals surface area contributed by atoms with E-state index >= 15 is 0 Å². The Morgan fingerprint density at radius 3 is 2.52 bits per heavy atom. The number of aromatic nitrogens is 3. The number of fused-ring (bicyclic) bond motifs is 8. The average molecular weight is 655 g/mol. The first-order valence-electron chi connectivity index (χ1n) is 17.3. The highest BCUT2D eigenvalue weighted by Crippen LogP contribution is 2.40. The van der Waals surface area contributed by atoms with Crippen molar-refractivity contribution in [1.29, 1.82) is 0 Å². The largest absolute Gasteiger partial charge is 0.490 e. The van der Waals surface area contributed by atoms with E-state index in [0.717, 1.165) is 79.1 Å². The maximum Gasteiger partial charge on any atom is 0.339 e. The molecule has 1 fully saturated rings. The number of anilines is 1. The Morgan fingerprint density at radius 2 is 1.79 bits per heavy atom. The molecule has 0 amide bonds. The number of benzene rings is 2. The van der Waals surface area contributed by atoms with Crippen LogP contribution in [0, 0.1) is 13.8 Å². The highest BCUT2D eigenvalue weighted by atomic mass is 16.6. The van der Waals surface area contributed by atoms with Crippen LogP contribution in [0.25, 0.3) is 28.0 Å². The molecule has 0 aliphatic carbocycles. The van der Waals surface area contributed by atoms with Gasteiger partial charge in [0.2, 0.25) is 0 Å². The molecule has 0 spiro atoms. The van der Waals surface area contributed by atoms with Gasteiger partial charge in [-0.15, -0.1) is 0 Å². The minimum Gasteiger partial charge on any atom is -0.490 e. The van der Waals surface area contributed by atoms with Gasteiger partial charge < -0.3 is 23.8 Å². The number of hydrogen-bond acceptors (Lipinski definition) is 8. The van der Waals surface area contributed by atoms with Crippen LogP contribution in [0.1, 0.15) is 89.6 Å². The molecule has 6 bridgehead atoms. The van der Waals surface area contributed by atoms with Crippen LogP contribution >= 0.6 is 0 Å². The summed E-state index contributed by atoms with van der Waals surface area (Å²) in [6, 6.07) is 16.8. The van der Waals surface area contributed by atoms with Crippen molar-refractivity contribution in [3.8, 4) is 28.1 Å². The molecule has 0 radical (unpaired) electrons. The summed E-state index contributed by atoms with van der Waals surface area (Å²) in [6.45, 7) is 16.4. The smallest absolute Gasteiger partial charge is 0.339 e. The van der Waals surface area contributed by atoms with E-state index in [1.807, 2.05) is 38.3 Å². The molecule has 1 saturated heterocycles. The van der Waals surface area contributed by atoms with Crippen molar-refractivity contribution >= 4 is 17.4 Å². The number of carbonyl (C=O) groups is 1. The van der Waals surface area contributed by atoms with Crippen molar-refractivity contribution in [1.82, 2.24) is 14.6 Å². The molecule has 48 heavy (non-hydrogen) atoms. The molecule has 2 atom stereocenters. The molecular weight excluding hydrogens is 604 g/mol. The molecule has 2 aromatic carbocycles. The van der Waals surface area contributed by atoms with Crippen LogP contribution in [0.5, 0.6) is 5.75 Å². The SMILES string of the molecule is COC(=O)[C@@H](OC(C)(C)C)c1c(C)nc2cc3nn2c1N1CCC(C)(CC1)OCCCC[C@H](C)Oc1ccc(C)cc1-c1cccc-3c1. The van der Waals surface area contributed by atoms with Crippen molar-refractivity contribution in [2.45, 2.75) is 104 Å². The van der Waals surface area contributed by atoms with Crippen LogP contribution in [0.4, 0.5) is 5.82 Å². The summed E-state index contributed by atoms with van der Waals surface area (Å²) in [4.78, 5) is 20.7. The second kappa shape index (κ2) is 13.5. The van der Waals surface area contributed by atoms with Gasteiger partial charge >= 0.3 is 5.97 Å². The fourth-order valence-electron chi connectivity index (χ4n) is 6.83. The third-order valence-corrected chi connectivity index (χ3v) is 9.46. The fraction of sp³-hybridized carbons (Fsp3) is 0.513. The van der Waals surface area contributed by atoms with Gasteiger partial charge in [-0.2, -0.15) is 9.61 Å². The Labute approximate surface area is 284 Å². The van der Waals surface area contributed by atoms with Crippen molar-refractivity contribution in [2.75, 3.05) is 31.7 Å². The van der Waals surface area contributed by atoms with E-state index in [4.69, 9.17) is 29.0 Å². The van der Waals surface area contributed by atoms with Crippen molar-refractivity contribution in [3.63, 3.8) is 0 Å². The normalized spacial score (nSPS) is 21.1. The first kappa shape index (κ1) is 33.9. The lowest BCUT2D eigenvalue weighted by molar-refractivity contribution is -0.164. The van der Waals surface area contributed by atoms with Gasteiger partial charge in [0.15, 0.2) is 11.8 Å². The van der Waals surface area contributed by atoms with Crippen LogP contribution < -0.4 is 9.64 Å². The first-order valence-corrected chi connectivity index (χ1v) is 17.3. The summed E-state index contributed by atoms with van der Waals surface area (Å²) < 4.78 is 26.7. The predicted octanol–water partition coefficient (Wildman–Crippen LogP) is 8.04. The molecule has 0 saturated carbocycles. The average Bonchev–Trinajstić information content (AvgIpc) is 3.47. The minimum absolute atomic E-state index is 0.0792. The molecule has 0 unspecified atom stereocenters. The number of hydrogen-bond donors (Lipinski definition) is 0. The second-order valence-electron chi connectivity index (χ2n) is 14.7. The highest BCUT2D eigenvalue weighted by molar-refractivity contribution is 5.81. The molecule has 9 heteroatoms. The third kappa shape index (κ3) is 7.22. The lowest BCUT2D eigenvalue weighted by atomic mass is 9.92. The number of ether oxygens (including phenoxy) is 4. The Balaban J connectivity index is 1.54. The summed E-state index contributed by atoms with van der Waals surface area (Å²) in [6.07, 6.45) is 3.74. The number of aryl methyl sites for hydroxylation is 2. The monoisotopic (exact) mass is 654 g/mol. The number of nitrogens with zero attached hydrogens (tertiary/aromatic N) is 4. The second-order valence-corrected chi connectivity index (χ2v) is 14.7. The molecule has 4 aromatic rings. The highest BCUT2D eigenvalue weighted by Gasteiger charge is 2.38. The topological polar surface area (TPSA) is 87.4 Å². The zero-order valence-corrected chi connectivity index (χ0v) is 29.8. The van der Waals surface area contributed by atoms with E-state index in [-0.39, 0.29) is 11.7 Å². The maximum atomic E-state index is 13.4. The summed E-state index contributed by atoms with van der Waals surface area (Å²) in [5.41, 5.74) is 6.27. The van der Waals surface area contributed by atoms with E-state index in [0.29, 0.717) is 23.5 Å². The van der Waals surface area contributed by atoms with Crippen LogP contribution in [-0.2, 0) is 19.0 Å². The molecule has 3 aliphatic heterocycles. The summed E-state index contributed by atoms with van der Waals surface area (Å²) in [7, 11) is 1.40. The van der Waals surface area contributed by atoms with Crippen LogP contribution in [0.15, 0.2) is 48.5 Å². The number of methoxy groups -OCH3 is 1. The van der Waals surface area contributed by atoms with Gasteiger partial charge in [0.25, 0.3) is 0 Å². The zero-order chi connectivity index (χ0) is 34.2. The van der Waals surface area contributed by atoms with Crippen LogP contribution in [-0.4, -0.2) is 64.7 Å². The van der Waals surface area contributed by atoms with Gasteiger partial charge in [0, 0.05) is 42.6 Å². The Kier molecular flexibility index (Phi) is 9.55. The van der Waals surface area contributed by atoms with E-state index in [1.54, 1.807) is 0 Å². The number of carbonyl (C=O) groups excluding carboxylic acids is 1. The fourth-order valence-corrected chi connectivity index (χ4v) is 6.83. The number of esters is 1. The standard InChI is InChI=1S/C39H50N4O5/c1-25-15-16-32-30(22-25)28-13-11-14-29(23-28)31-24-33-40-27(3)34(35(37(44)45-8)48-38(4,5)6)36(43(33)41-31)42-19-17-39(7,18-20-42)46-21-10-9-12-26(2)47-32/h11,13-16,22-24,26,35H,9-10,12,17-21H2,1-8H3/t26-,35-/m0/s1. The van der Waals surface area contributed by atoms with Crippen molar-refractivity contribution in [3.05, 3.63) is 65.4 Å². The number of piperidine rings is 1. The van der Waals surface area contributed by atoms with Gasteiger partial charge in [-0.3, -0.25) is 0 Å². The molecule has 5 heterocycles. The first-order chi connectivity index (χ1) is 22.8. The molecule has 2 aromatic heterocycles. The zero-order valence-electron chi connectivity index (χ0n) is 29.8. The van der Waals surface area contributed by atoms with E-state index < -0.39 is 17.7 Å². The Hall–Kier alpha value is -3.95. The van der Waals surface area contributed by atoms with Gasteiger partial charge in [0.1, 0.15) is 11.6 Å².